The topological polar surface area (TPSA) is 21.3 Å². The van der Waals surface area contributed by atoms with Gasteiger partial charge in [0, 0.05) is 0 Å². The van der Waals surface area contributed by atoms with Gasteiger partial charge in [-0.25, -0.2) is 8.78 Å². The summed E-state index contributed by atoms with van der Waals surface area (Å²) in [6.07, 6.45) is 0. The first-order chi connectivity index (χ1) is 9.52. The van der Waals surface area contributed by atoms with Crippen molar-refractivity contribution in [3.05, 3.63) is 58.6 Å². The summed E-state index contributed by atoms with van der Waals surface area (Å²) in [4.78, 5) is 0. The van der Waals surface area contributed by atoms with Crippen LogP contribution in [0.2, 0.25) is 5.02 Å². The van der Waals surface area contributed by atoms with Crippen molar-refractivity contribution in [2.24, 2.45) is 0 Å². The van der Waals surface area contributed by atoms with E-state index in [9.17, 15) is 8.78 Å². The molecule has 20 heavy (non-hydrogen) atoms. The average molecular weight is 298 g/mol. The van der Waals surface area contributed by atoms with Crippen LogP contribution >= 0.6 is 11.6 Å². The second kappa shape index (κ2) is 6.09. The van der Waals surface area contributed by atoms with Crippen molar-refractivity contribution in [1.29, 1.82) is 0 Å². The van der Waals surface area contributed by atoms with Gasteiger partial charge in [0.05, 0.1) is 29.4 Å². The number of anilines is 1. The van der Waals surface area contributed by atoms with Crippen molar-refractivity contribution in [1.82, 2.24) is 0 Å². The van der Waals surface area contributed by atoms with E-state index in [2.05, 4.69) is 5.32 Å². The van der Waals surface area contributed by atoms with Crippen LogP contribution in [0.15, 0.2) is 36.4 Å². The smallest absolute Gasteiger partial charge is 0.132 e. The molecule has 0 saturated heterocycles. The maximum atomic E-state index is 13.9. The van der Waals surface area contributed by atoms with E-state index in [1.54, 1.807) is 19.1 Å². The molecule has 0 bridgehead atoms. The molecule has 106 valence electrons. The molecular formula is C15H14ClF2NO. The van der Waals surface area contributed by atoms with E-state index in [1.807, 2.05) is 0 Å². The molecular weight excluding hydrogens is 284 g/mol. The predicted octanol–water partition coefficient (Wildman–Crippen LogP) is 4.80. The summed E-state index contributed by atoms with van der Waals surface area (Å²) in [6, 6.07) is 8.26. The fraction of sp³-hybridized carbons (Fsp3) is 0.200. The SMILES string of the molecule is COc1cccc(F)c1C(C)Nc1ccc(F)cc1Cl. The van der Waals surface area contributed by atoms with Gasteiger partial charge in [-0.2, -0.15) is 0 Å². The van der Waals surface area contributed by atoms with Crippen LogP contribution in [-0.4, -0.2) is 7.11 Å². The first-order valence-corrected chi connectivity index (χ1v) is 6.44. The lowest BCUT2D eigenvalue weighted by Crippen LogP contribution is -2.10. The summed E-state index contributed by atoms with van der Waals surface area (Å²) < 4.78 is 32.1. The zero-order chi connectivity index (χ0) is 14.7. The molecule has 1 atom stereocenters. The molecule has 5 heteroatoms. The fourth-order valence-corrected chi connectivity index (χ4v) is 2.25. The zero-order valence-electron chi connectivity index (χ0n) is 11.1. The van der Waals surface area contributed by atoms with E-state index in [0.717, 1.165) is 0 Å². The van der Waals surface area contributed by atoms with Crippen molar-refractivity contribution in [2.45, 2.75) is 13.0 Å². The van der Waals surface area contributed by atoms with Crippen LogP contribution < -0.4 is 10.1 Å². The van der Waals surface area contributed by atoms with Crippen molar-refractivity contribution >= 4 is 17.3 Å². The van der Waals surface area contributed by atoms with Gasteiger partial charge in [0.25, 0.3) is 0 Å². The van der Waals surface area contributed by atoms with E-state index < -0.39 is 5.82 Å². The van der Waals surface area contributed by atoms with E-state index in [4.69, 9.17) is 16.3 Å². The van der Waals surface area contributed by atoms with Crippen molar-refractivity contribution in [3.63, 3.8) is 0 Å². The van der Waals surface area contributed by atoms with E-state index >= 15 is 0 Å². The number of methoxy groups -OCH3 is 1. The van der Waals surface area contributed by atoms with Gasteiger partial charge in [0.1, 0.15) is 17.4 Å². The molecule has 0 amide bonds. The van der Waals surface area contributed by atoms with Crippen LogP contribution in [0.3, 0.4) is 0 Å². The summed E-state index contributed by atoms with van der Waals surface area (Å²) in [6.45, 7) is 1.78. The third kappa shape index (κ3) is 3.02. The second-order valence-electron chi connectivity index (χ2n) is 4.35. The Morgan fingerprint density at radius 1 is 1.20 bits per heavy atom. The van der Waals surface area contributed by atoms with E-state index in [-0.39, 0.29) is 16.9 Å². The molecule has 0 saturated carbocycles. The summed E-state index contributed by atoms with van der Waals surface area (Å²) >= 11 is 5.95. The molecule has 1 unspecified atom stereocenters. The first-order valence-electron chi connectivity index (χ1n) is 6.07. The Balaban J connectivity index is 2.30. The number of rotatable bonds is 4. The normalized spacial score (nSPS) is 12.1. The second-order valence-corrected chi connectivity index (χ2v) is 4.75. The third-order valence-electron chi connectivity index (χ3n) is 2.97. The number of benzene rings is 2. The number of nitrogens with one attached hydrogen (secondary N) is 1. The highest BCUT2D eigenvalue weighted by Gasteiger charge is 2.17. The van der Waals surface area contributed by atoms with Crippen LogP contribution in [0.5, 0.6) is 5.75 Å². The summed E-state index contributed by atoms with van der Waals surface area (Å²) in [5.74, 6) is -0.345. The Morgan fingerprint density at radius 2 is 1.95 bits per heavy atom. The minimum absolute atomic E-state index is 0.243. The van der Waals surface area contributed by atoms with Crippen LogP contribution in [0.1, 0.15) is 18.5 Å². The number of hydrogen-bond donors (Lipinski definition) is 1. The van der Waals surface area contributed by atoms with E-state index in [0.29, 0.717) is 17.0 Å². The van der Waals surface area contributed by atoms with Gasteiger partial charge >= 0.3 is 0 Å². The molecule has 0 radical (unpaired) electrons. The van der Waals surface area contributed by atoms with Gasteiger partial charge in [-0.1, -0.05) is 17.7 Å². The quantitative estimate of drug-likeness (QED) is 0.875. The molecule has 2 rings (SSSR count). The maximum Gasteiger partial charge on any atom is 0.132 e. The van der Waals surface area contributed by atoms with E-state index in [1.165, 1.54) is 31.4 Å². The van der Waals surface area contributed by atoms with Crippen LogP contribution in [0, 0.1) is 11.6 Å². The molecule has 0 aromatic heterocycles. The van der Waals surface area contributed by atoms with Gasteiger partial charge in [0.15, 0.2) is 0 Å². The third-order valence-corrected chi connectivity index (χ3v) is 3.28. The van der Waals surface area contributed by atoms with Gasteiger partial charge in [0.2, 0.25) is 0 Å². The molecule has 2 aromatic rings. The number of halogens is 3. The Hall–Kier alpha value is -1.81. The lowest BCUT2D eigenvalue weighted by Gasteiger charge is -2.19. The zero-order valence-corrected chi connectivity index (χ0v) is 11.8. The number of ether oxygens (including phenoxy) is 1. The minimum Gasteiger partial charge on any atom is -0.496 e. The fourth-order valence-electron chi connectivity index (χ4n) is 2.03. The highest BCUT2D eigenvalue weighted by atomic mass is 35.5. The average Bonchev–Trinajstić information content (AvgIpc) is 2.41. The highest BCUT2D eigenvalue weighted by Crippen LogP contribution is 2.32. The molecule has 2 nitrogen and oxygen atoms in total. The molecule has 0 spiro atoms. The van der Waals surface area contributed by atoms with Crippen molar-refractivity contribution < 1.29 is 13.5 Å². The summed E-state index contributed by atoms with van der Waals surface area (Å²) in [5.41, 5.74) is 0.932. The summed E-state index contributed by atoms with van der Waals surface area (Å²) in [5, 5.41) is 3.29. The first kappa shape index (κ1) is 14.6. The molecule has 0 aliphatic rings. The number of hydrogen-bond acceptors (Lipinski definition) is 2. The largest absolute Gasteiger partial charge is 0.496 e. The summed E-state index contributed by atoms with van der Waals surface area (Å²) in [7, 11) is 1.48. The van der Waals surface area contributed by atoms with Crippen molar-refractivity contribution in [3.8, 4) is 5.75 Å². The predicted molar refractivity (Wildman–Crippen MR) is 76.4 cm³/mol. The molecule has 2 aromatic carbocycles. The van der Waals surface area contributed by atoms with Crippen molar-refractivity contribution in [2.75, 3.05) is 12.4 Å². The Kier molecular flexibility index (Phi) is 4.45. The van der Waals surface area contributed by atoms with Crippen LogP contribution in [-0.2, 0) is 0 Å². The van der Waals surface area contributed by atoms with Crippen LogP contribution in [0.4, 0.5) is 14.5 Å². The Bertz CT molecular complexity index is 619. The highest BCUT2D eigenvalue weighted by molar-refractivity contribution is 6.33. The lowest BCUT2D eigenvalue weighted by molar-refractivity contribution is 0.402. The molecule has 0 aliphatic carbocycles. The van der Waals surface area contributed by atoms with Gasteiger partial charge < -0.3 is 10.1 Å². The van der Waals surface area contributed by atoms with Crippen LogP contribution in [0.25, 0.3) is 0 Å². The standard InChI is InChI=1S/C15H14ClF2NO/c1-9(15-12(18)4-3-5-14(15)20-2)19-13-7-6-10(17)8-11(13)16/h3-9,19H,1-2H3. The lowest BCUT2D eigenvalue weighted by atomic mass is 10.1. The maximum absolute atomic E-state index is 13.9. The van der Waals surface area contributed by atoms with Gasteiger partial charge in [-0.05, 0) is 37.3 Å². The van der Waals surface area contributed by atoms with Gasteiger partial charge in [-0.3, -0.25) is 0 Å². The molecule has 0 aliphatic heterocycles. The Morgan fingerprint density at radius 3 is 2.60 bits per heavy atom. The monoisotopic (exact) mass is 297 g/mol. The molecule has 0 heterocycles. The Labute approximate surface area is 121 Å². The van der Waals surface area contributed by atoms with Gasteiger partial charge in [-0.15, -0.1) is 0 Å². The molecule has 1 N–H and O–H groups in total. The molecule has 0 fully saturated rings. The minimum atomic E-state index is -0.420.